The average Bonchev–Trinajstić information content (AvgIpc) is 2.38. The zero-order valence-electron chi connectivity index (χ0n) is 11.7. The van der Waals surface area contributed by atoms with Crippen LogP contribution in [0.2, 0.25) is 5.02 Å². The first-order valence-electron chi connectivity index (χ1n) is 6.48. The molecule has 0 aliphatic heterocycles. The molecule has 0 aliphatic carbocycles. The molecule has 0 spiro atoms. The van der Waals surface area contributed by atoms with Crippen molar-refractivity contribution in [2.24, 2.45) is 0 Å². The zero-order chi connectivity index (χ0) is 14.7. The third kappa shape index (κ3) is 3.64. The van der Waals surface area contributed by atoms with Crippen molar-refractivity contribution in [2.75, 3.05) is 0 Å². The van der Waals surface area contributed by atoms with Gasteiger partial charge >= 0.3 is 0 Å². The molecule has 0 unspecified atom stereocenters. The molecule has 1 aromatic carbocycles. The van der Waals surface area contributed by atoms with Gasteiger partial charge in [0.1, 0.15) is 0 Å². The van der Waals surface area contributed by atoms with E-state index in [1.165, 1.54) is 6.07 Å². The van der Waals surface area contributed by atoms with E-state index in [2.05, 4.69) is 25.8 Å². The standard InChI is InChI=1S/C15H17ClN2OS/c1-10(2)18-8-7-14(19)17-15(18)20-11(3)12-5-4-6-13(16)9-12/h4-11H,1-3H3/t11-/m1/s1. The van der Waals surface area contributed by atoms with Gasteiger partial charge in [0, 0.05) is 28.6 Å². The maximum absolute atomic E-state index is 11.5. The van der Waals surface area contributed by atoms with Crippen LogP contribution < -0.4 is 5.56 Å². The van der Waals surface area contributed by atoms with Crippen molar-refractivity contribution >= 4 is 23.4 Å². The minimum Gasteiger partial charge on any atom is -0.325 e. The molecule has 2 aromatic rings. The molecule has 0 amide bonds. The van der Waals surface area contributed by atoms with E-state index in [1.807, 2.05) is 28.8 Å². The Balaban J connectivity index is 2.29. The molecule has 0 saturated carbocycles. The van der Waals surface area contributed by atoms with Crippen LogP contribution in [-0.2, 0) is 0 Å². The number of benzene rings is 1. The normalized spacial score (nSPS) is 12.7. The van der Waals surface area contributed by atoms with Crippen LogP contribution in [0.3, 0.4) is 0 Å². The fraction of sp³-hybridized carbons (Fsp3) is 0.333. The van der Waals surface area contributed by atoms with Gasteiger partial charge in [0.25, 0.3) is 5.56 Å². The summed E-state index contributed by atoms with van der Waals surface area (Å²) in [5.74, 6) is 0. The third-order valence-corrected chi connectivity index (χ3v) is 4.33. The van der Waals surface area contributed by atoms with Crippen molar-refractivity contribution in [1.29, 1.82) is 0 Å². The monoisotopic (exact) mass is 308 g/mol. The number of rotatable bonds is 4. The van der Waals surface area contributed by atoms with E-state index in [4.69, 9.17) is 11.6 Å². The van der Waals surface area contributed by atoms with E-state index >= 15 is 0 Å². The van der Waals surface area contributed by atoms with Crippen LogP contribution in [-0.4, -0.2) is 9.55 Å². The summed E-state index contributed by atoms with van der Waals surface area (Å²) in [6, 6.07) is 9.52. The zero-order valence-corrected chi connectivity index (χ0v) is 13.3. The largest absolute Gasteiger partial charge is 0.325 e. The van der Waals surface area contributed by atoms with Gasteiger partial charge in [0.15, 0.2) is 5.16 Å². The molecule has 0 radical (unpaired) electrons. The minimum absolute atomic E-state index is 0.174. The molecule has 1 atom stereocenters. The van der Waals surface area contributed by atoms with E-state index in [1.54, 1.807) is 18.0 Å². The van der Waals surface area contributed by atoms with Gasteiger partial charge in [-0.15, -0.1) is 0 Å². The molecule has 1 heterocycles. The fourth-order valence-corrected chi connectivity index (χ4v) is 3.20. The molecule has 3 nitrogen and oxygen atoms in total. The fourth-order valence-electron chi connectivity index (χ4n) is 1.86. The van der Waals surface area contributed by atoms with Crippen molar-refractivity contribution in [1.82, 2.24) is 9.55 Å². The van der Waals surface area contributed by atoms with Gasteiger partial charge in [-0.1, -0.05) is 35.5 Å². The van der Waals surface area contributed by atoms with Crippen molar-refractivity contribution in [3.05, 3.63) is 57.5 Å². The lowest BCUT2D eigenvalue weighted by atomic mass is 10.2. The maximum atomic E-state index is 11.5. The first-order valence-corrected chi connectivity index (χ1v) is 7.74. The third-order valence-electron chi connectivity index (χ3n) is 2.96. The second-order valence-electron chi connectivity index (χ2n) is 4.86. The highest BCUT2D eigenvalue weighted by atomic mass is 35.5. The van der Waals surface area contributed by atoms with Crippen molar-refractivity contribution in [2.45, 2.75) is 37.2 Å². The smallest absolute Gasteiger partial charge is 0.273 e. The molecule has 5 heteroatoms. The van der Waals surface area contributed by atoms with Crippen molar-refractivity contribution in [3.63, 3.8) is 0 Å². The van der Waals surface area contributed by atoms with Crippen LogP contribution >= 0.6 is 23.4 Å². The molecule has 2 rings (SSSR count). The van der Waals surface area contributed by atoms with Gasteiger partial charge in [0.05, 0.1) is 0 Å². The summed E-state index contributed by atoms with van der Waals surface area (Å²) >= 11 is 7.59. The van der Waals surface area contributed by atoms with Gasteiger partial charge in [-0.05, 0) is 38.5 Å². The topological polar surface area (TPSA) is 34.9 Å². The summed E-state index contributed by atoms with van der Waals surface area (Å²) in [4.78, 5) is 15.6. The molecule has 0 bridgehead atoms. The summed E-state index contributed by atoms with van der Waals surface area (Å²) < 4.78 is 2.01. The molecule has 0 aliphatic rings. The van der Waals surface area contributed by atoms with E-state index in [9.17, 15) is 4.79 Å². The first-order chi connectivity index (χ1) is 9.47. The Kier molecular flexibility index (Phi) is 4.89. The highest BCUT2D eigenvalue weighted by Gasteiger charge is 2.13. The van der Waals surface area contributed by atoms with Crippen LogP contribution in [0.15, 0.2) is 46.5 Å². The Hall–Kier alpha value is -1.26. The lowest BCUT2D eigenvalue weighted by Gasteiger charge is -2.18. The van der Waals surface area contributed by atoms with Gasteiger partial charge in [-0.3, -0.25) is 4.79 Å². The molecule has 0 fully saturated rings. The lowest BCUT2D eigenvalue weighted by Crippen LogP contribution is -2.15. The van der Waals surface area contributed by atoms with Gasteiger partial charge < -0.3 is 4.57 Å². The second-order valence-corrected chi connectivity index (χ2v) is 6.61. The maximum Gasteiger partial charge on any atom is 0.273 e. The van der Waals surface area contributed by atoms with Gasteiger partial charge in [0.2, 0.25) is 0 Å². The molecule has 1 aromatic heterocycles. The highest BCUT2D eigenvalue weighted by Crippen LogP contribution is 2.34. The van der Waals surface area contributed by atoms with E-state index in [0.717, 1.165) is 15.7 Å². The molecule has 20 heavy (non-hydrogen) atoms. The van der Waals surface area contributed by atoms with Crippen molar-refractivity contribution in [3.8, 4) is 0 Å². The first kappa shape index (κ1) is 15.1. The number of nitrogens with zero attached hydrogens (tertiary/aromatic N) is 2. The van der Waals surface area contributed by atoms with E-state index in [0.29, 0.717) is 0 Å². The van der Waals surface area contributed by atoms with Crippen LogP contribution in [0.4, 0.5) is 0 Å². The van der Waals surface area contributed by atoms with Crippen LogP contribution in [0.25, 0.3) is 0 Å². The predicted molar refractivity (Wildman–Crippen MR) is 84.6 cm³/mol. The molecule has 106 valence electrons. The van der Waals surface area contributed by atoms with E-state index in [-0.39, 0.29) is 16.9 Å². The van der Waals surface area contributed by atoms with Crippen molar-refractivity contribution < 1.29 is 0 Å². The summed E-state index contributed by atoms with van der Waals surface area (Å²) in [6.07, 6.45) is 1.80. The average molecular weight is 309 g/mol. The number of halogens is 1. The lowest BCUT2D eigenvalue weighted by molar-refractivity contribution is 0.525. The molecular weight excluding hydrogens is 292 g/mol. The summed E-state index contributed by atoms with van der Waals surface area (Å²) in [5, 5.41) is 1.63. The molecule has 0 N–H and O–H groups in total. The Bertz CT molecular complexity index is 654. The quantitative estimate of drug-likeness (QED) is 0.623. The number of thioether (sulfide) groups is 1. The van der Waals surface area contributed by atoms with Gasteiger partial charge in [-0.25, -0.2) is 0 Å². The molecule has 0 saturated heterocycles. The van der Waals surface area contributed by atoms with Crippen LogP contribution in [0.5, 0.6) is 0 Å². The predicted octanol–water partition coefficient (Wildman–Crippen LogP) is 4.33. The highest BCUT2D eigenvalue weighted by molar-refractivity contribution is 7.99. The Morgan fingerprint density at radius 2 is 2.00 bits per heavy atom. The Labute approximate surface area is 128 Å². The Morgan fingerprint density at radius 1 is 1.25 bits per heavy atom. The van der Waals surface area contributed by atoms with Gasteiger partial charge in [-0.2, -0.15) is 4.98 Å². The summed E-state index contributed by atoms with van der Waals surface area (Å²) in [6.45, 7) is 6.22. The summed E-state index contributed by atoms with van der Waals surface area (Å²) in [7, 11) is 0. The van der Waals surface area contributed by atoms with Crippen LogP contribution in [0.1, 0.15) is 37.6 Å². The molecular formula is C15H17ClN2OS. The number of aromatic nitrogens is 2. The second kappa shape index (κ2) is 6.46. The minimum atomic E-state index is -0.206. The Morgan fingerprint density at radius 3 is 2.65 bits per heavy atom. The number of hydrogen-bond donors (Lipinski definition) is 0. The van der Waals surface area contributed by atoms with Crippen LogP contribution in [0, 0.1) is 0 Å². The SMILES string of the molecule is CC(C)n1ccc(=O)nc1S[C@H](C)c1cccc(Cl)c1. The van der Waals surface area contributed by atoms with E-state index < -0.39 is 0 Å². The summed E-state index contributed by atoms with van der Waals surface area (Å²) in [5.41, 5.74) is 0.915. The number of hydrogen-bond acceptors (Lipinski definition) is 3.